The monoisotopic (exact) mass is 298 g/mol. The van der Waals surface area contributed by atoms with Crippen molar-refractivity contribution in [2.75, 3.05) is 33.8 Å². The number of carbonyl (C=O) groups excluding carboxylic acids is 1. The van der Waals surface area contributed by atoms with E-state index in [-0.39, 0.29) is 12.5 Å². The van der Waals surface area contributed by atoms with E-state index in [9.17, 15) is 18.0 Å². The molecule has 0 aliphatic carbocycles. The van der Waals surface area contributed by atoms with Gasteiger partial charge >= 0.3 is 12.1 Å². The van der Waals surface area contributed by atoms with Gasteiger partial charge in [0.05, 0.1) is 13.0 Å². The number of halogens is 3. The standard InChI is InChI=1S/C13H25F3N2O2/c1-5-20-11(19)12(2,17-3)7-6-9-18(4)10-8-13(14,15)16/h17H,5-10H2,1-4H3. The number of ether oxygens (including phenoxy) is 1. The number of hydrogen-bond acceptors (Lipinski definition) is 4. The third-order valence-electron chi connectivity index (χ3n) is 3.27. The van der Waals surface area contributed by atoms with Crippen LogP contribution >= 0.6 is 0 Å². The quantitative estimate of drug-likeness (QED) is 0.663. The minimum Gasteiger partial charge on any atom is -0.465 e. The fourth-order valence-electron chi connectivity index (χ4n) is 1.75. The van der Waals surface area contributed by atoms with Crippen molar-refractivity contribution < 1.29 is 22.7 Å². The predicted octanol–water partition coefficient (Wildman–Crippen LogP) is 2.19. The third kappa shape index (κ3) is 7.69. The normalized spacial score (nSPS) is 15.2. The molecule has 120 valence electrons. The van der Waals surface area contributed by atoms with Crippen LogP contribution in [0.1, 0.15) is 33.1 Å². The fourth-order valence-corrected chi connectivity index (χ4v) is 1.75. The van der Waals surface area contributed by atoms with E-state index in [4.69, 9.17) is 4.74 Å². The molecule has 0 aliphatic rings. The molecule has 1 atom stereocenters. The van der Waals surface area contributed by atoms with Gasteiger partial charge in [-0.1, -0.05) is 0 Å². The molecule has 0 rings (SSSR count). The van der Waals surface area contributed by atoms with Gasteiger partial charge in [-0.05, 0) is 47.3 Å². The Balaban J connectivity index is 4.10. The largest absolute Gasteiger partial charge is 0.465 e. The Morgan fingerprint density at radius 2 is 1.85 bits per heavy atom. The summed E-state index contributed by atoms with van der Waals surface area (Å²) < 4.78 is 41.2. The van der Waals surface area contributed by atoms with Gasteiger partial charge in [0.2, 0.25) is 0 Å². The van der Waals surface area contributed by atoms with Gasteiger partial charge in [-0.15, -0.1) is 0 Å². The Kier molecular flexibility index (Phi) is 8.12. The Morgan fingerprint density at radius 3 is 2.30 bits per heavy atom. The lowest BCUT2D eigenvalue weighted by atomic mass is 9.96. The summed E-state index contributed by atoms with van der Waals surface area (Å²) in [5.41, 5.74) is -0.791. The number of esters is 1. The molecule has 0 bridgehead atoms. The van der Waals surface area contributed by atoms with Gasteiger partial charge in [0, 0.05) is 6.54 Å². The minimum absolute atomic E-state index is 0.0286. The lowest BCUT2D eigenvalue weighted by Crippen LogP contribution is -2.49. The molecule has 0 aromatic rings. The summed E-state index contributed by atoms with van der Waals surface area (Å²) in [6.07, 6.45) is -3.81. The molecule has 0 heterocycles. The number of rotatable bonds is 9. The van der Waals surface area contributed by atoms with Gasteiger partial charge in [0.1, 0.15) is 5.54 Å². The SMILES string of the molecule is CCOC(=O)C(C)(CCCN(C)CCC(F)(F)F)NC. The summed E-state index contributed by atoms with van der Waals surface area (Å²) in [7, 11) is 3.32. The Bertz CT molecular complexity index is 298. The summed E-state index contributed by atoms with van der Waals surface area (Å²) >= 11 is 0. The zero-order valence-corrected chi connectivity index (χ0v) is 12.6. The zero-order valence-electron chi connectivity index (χ0n) is 12.6. The first-order valence-electron chi connectivity index (χ1n) is 6.76. The van der Waals surface area contributed by atoms with E-state index in [1.54, 1.807) is 32.8 Å². The second kappa shape index (κ2) is 8.46. The maximum Gasteiger partial charge on any atom is 0.390 e. The number of likely N-dealkylation sites (N-methyl/N-ethyl adjacent to an activating group) is 1. The van der Waals surface area contributed by atoms with Gasteiger partial charge in [0.15, 0.2) is 0 Å². The number of nitrogens with zero attached hydrogens (tertiary/aromatic N) is 1. The lowest BCUT2D eigenvalue weighted by Gasteiger charge is -2.27. The van der Waals surface area contributed by atoms with Crippen LogP contribution in [0.15, 0.2) is 0 Å². The third-order valence-corrected chi connectivity index (χ3v) is 3.27. The molecule has 0 spiro atoms. The smallest absolute Gasteiger partial charge is 0.390 e. The molecule has 0 aromatic heterocycles. The highest BCUT2D eigenvalue weighted by molar-refractivity contribution is 5.80. The van der Waals surface area contributed by atoms with Crippen molar-refractivity contribution in [1.82, 2.24) is 10.2 Å². The zero-order chi connectivity index (χ0) is 15.8. The van der Waals surface area contributed by atoms with Gasteiger partial charge in [-0.25, -0.2) is 0 Å². The first-order chi connectivity index (χ1) is 9.14. The maximum atomic E-state index is 12.1. The van der Waals surface area contributed by atoms with E-state index in [1.807, 2.05) is 0 Å². The average molecular weight is 298 g/mol. The molecule has 0 fully saturated rings. The Labute approximate surface area is 118 Å². The van der Waals surface area contributed by atoms with Gasteiger partial charge in [0.25, 0.3) is 0 Å². The second-order valence-corrected chi connectivity index (χ2v) is 5.07. The van der Waals surface area contributed by atoms with Crippen LogP contribution in [0.4, 0.5) is 13.2 Å². The second-order valence-electron chi connectivity index (χ2n) is 5.07. The highest BCUT2D eigenvalue weighted by Gasteiger charge is 2.32. The van der Waals surface area contributed by atoms with Crippen molar-refractivity contribution >= 4 is 5.97 Å². The van der Waals surface area contributed by atoms with Crippen molar-refractivity contribution in [3.05, 3.63) is 0 Å². The van der Waals surface area contributed by atoms with E-state index in [1.165, 1.54) is 0 Å². The molecule has 1 N–H and O–H groups in total. The van der Waals surface area contributed by atoms with Crippen LogP contribution in [0, 0.1) is 0 Å². The van der Waals surface area contributed by atoms with E-state index in [0.29, 0.717) is 26.0 Å². The van der Waals surface area contributed by atoms with Gasteiger partial charge < -0.3 is 15.0 Å². The lowest BCUT2D eigenvalue weighted by molar-refractivity contribution is -0.150. The molecule has 0 saturated carbocycles. The number of nitrogens with one attached hydrogen (secondary N) is 1. The average Bonchev–Trinajstić information content (AvgIpc) is 2.35. The van der Waals surface area contributed by atoms with E-state index >= 15 is 0 Å². The topological polar surface area (TPSA) is 41.6 Å². The number of carbonyl (C=O) groups is 1. The molecule has 0 amide bonds. The molecule has 7 heteroatoms. The van der Waals surface area contributed by atoms with Crippen molar-refractivity contribution in [3.63, 3.8) is 0 Å². The van der Waals surface area contributed by atoms with Crippen molar-refractivity contribution in [2.45, 2.75) is 44.8 Å². The molecular formula is C13H25F3N2O2. The van der Waals surface area contributed by atoms with Crippen molar-refractivity contribution in [2.24, 2.45) is 0 Å². The first kappa shape index (κ1) is 19.2. The molecule has 0 aromatic carbocycles. The molecule has 20 heavy (non-hydrogen) atoms. The first-order valence-corrected chi connectivity index (χ1v) is 6.76. The molecule has 0 radical (unpaired) electrons. The maximum absolute atomic E-state index is 12.1. The summed E-state index contributed by atoms with van der Waals surface area (Å²) in [5.74, 6) is -0.333. The highest BCUT2D eigenvalue weighted by Crippen LogP contribution is 2.20. The van der Waals surface area contributed by atoms with E-state index in [2.05, 4.69) is 5.32 Å². The van der Waals surface area contributed by atoms with E-state index < -0.39 is 18.1 Å². The fraction of sp³-hybridized carbons (Fsp3) is 0.923. The van der Waals surface area contributed by atoms with Gasteiger partial charge in [-0.2, -0.15) is 13.2 Å². The van der Waals surface area contributed by atoms with Crippen LogP contribution in [0.5, 0.6) is 0 Å². The van der Waals surface area contributed by atoms with Crippen molar-refractivity contribution in [1.29, 1.82) is 0 Å². The molecule has 0 saturated heterocycles. The van der Waals surface area contributed by atoms with E-state index in [0.717, 1.165) is 0 Å². The van der Waals surface area contributed by atoms with Crippen LogP contribution in [0.3, 0.4) is 0 Å². The number of alkyl halides is 3. The Hall–Kier alpha value is -0.820. The number of hydrogen-bond donors (Lipinski definition) is 1. The van der Waals surface area contributed by atoms with Crippen LogP contribution in [-0.4, -0.2) is 56.4 Å². The van der Waals surface area contributed by atoms with Crippen LogP contribution in [0.2, 0.25) is 0 Å². The molecule has 4 nitrogen and oxygen atoms in total. The predicted molar refractivity (Wildman–Crippen MR) is 71.5 cm³/mol. The van der Waals surface area contributed by atoms with Crippen LogP contribution < -0.4 is 5.32 Å². The minimum atomic E-state index is -4.13. The highest BCUT2D eigenvalue weighted by atomic mass is 19.4. The van der Waals surface area contributed by atoms with Crippen LogP contribution in [0.25, 0.3) is 0 Å². The van der Waals surface area contributed by atoms with Crippen molar-refractivity contribution in [3.8, 4) is 0 Å². The molecule has 1 unspecified atom stereocenters. The Morgan fingerprint density at radius 1 is 1.25 bits per heavy atom. The summed E-state index contributed by atoms with van der Waals surface area (Å²) in [6, 6.07) is 0. The molecular weight excluding hydrogens is 273 g/mol. The molecule has 0 aliphatic heterocycles. The summed E-state index contributed by atoms with van der Waals surface area (Å²) in [5, 5.41) is 2.92. The van der Waals surface area contributed by atoms with Gasteiger partial charge in [-0.3, -0.25) is 4.79 Å². The summed E-state index contributed by atoms with van der Waals surface area (Å²) in [6.45, 7) is 4.26. The van der Waals surface area contributed by atoms with Crippen LogP contribution in [-0.2, 0) is 9.53 Å². The summed E-state index contributed by atoms with van der Waals surface area (Å²) in [4.78, 5) is 13.4.